The third-order valence-electron chi connectivity index (χ3n) is 0.349. The van der Waals surface area contributed by atoms with Gasteiger partial charge in [-0.1, -0.05) is 0 Å². The average Bonchev–Trinajstić information content (AvgIpc) is 1.89. The van der Waals surface area contributed by atoms with Crippen LogP contribution >= 0.6 is 0 Å². The van der Waals surface area contributed by atoms with Crippen LogP contribution in [0.25, 0.3) is 0 Å². The van der Waals surface area contributed by atoms with Gasteiger partial charge in [0.2, 0.25) is 0 Å². The Hall–Kier alpha value is -0.557. The average molecular weight is 234 g/mol. The normalized spacial score (nSPS) is 6.17. The first-order valence-electron chi connectivity index (χ1n) is 2.38. The van der Waals surface area contributed by atoms with Crippen molar-refractivity contribution in [3.63, 3.8) is 0 Å². The van der Waals surface area contributed by atoms with Gasteiger partial charge in [0.15, 0.2) is 0 Å². The second-order valence-corrected chi connectivity index (χ2v) is 1.20. The van der Waals surface area contributed by atoms with Gasteiger partial charge in [-0.25, -0.2) is 0 Å². The quantitative estimate of drug-likeness (QED) is 0.378. The van der Waals surface area contributed by atoms with Crippen LogP contribution in [-0.2, 0) is 29.1 Å². The zero-order chi connectivity index (χ0) is 8.57. The Morgan fingerprint density at radius 3 is 1.08 bits per heavy atom. The number of nitrogens with two attached hydrogens (primary N) is 2. The maximum Gasteiger partial charge on any atom is 0.317 e. The summed E-state index contributed by atoms with van der Waals surface area (Å²) >= 11 is 0. The molecule has 0 saturated carbocycles. The molecule has 0 aliphatic carbocycles. The predicted octanol–water partition coefficient (Wildman–Crippen LogP) is -2.77. The van der Waals surface area contributed by atoms with Crippen LogP contribution in [-0.4, -0.2) is 40.7 Å². The molecule has 0 amide bonds. The third-order valence-corrected chi connectivity index (χ3v) is 0.349. The van der Waals surface area contributed by atoms with E-state index in [0.717, 1.165) is 0 Å². The smallest absolute Gasteiger partial charge is 0.317 e. The Kier molecular flexibility index (Phi) is 31.6. The molecule has 12 heavy (non-hydrogen) atoms. The largest absolute Gasteiger partial charge is 0.480 e. The van der Waals surface area contributed by atoms with Crippen LogP contribution in [0.4, 0.5) is 0 Å². The third kappa shape index (κ3) is 56.8. The first kappa shape index (κ1) is 22.5. The molecule has 0 aliphatic rings. The van der Waals surface area contributed by atoms with Crippen molar-refractivity contribution in [2.75, 3.05) is 13.1 Å². The molecule has 0 aromatic rings. The van der Waals surface area contributed by atoms with Crippen molar-refractivity contribution in [2.24, 2.45) is 11.5 Å². The summed E-state index contributed by atoms with van der Waals surface area (Å²) in [5.41, 5.74) is 9.14. The van der Waals surface area contributed by atoms with Gasteiger partial charge < -0.3 is 27.2 Å². The molecule has 0 aromatic carbocycles. The zero-order valence-corrected chi connectivity index (χ0v) is 9.45. The molecular formula is C4H12N2O5Zn. The van der Waals surface area contributed by atoms with Gasteiger partial charge in [0.1, 0.15) is 0 Å². The Labute approximate surface area is 81.8 Å². The second-order valence-electron chi connectivity index (χ2n) is 1.20. The minimum Gasteiger partial charge on any atom is -0.480 e. The SMILES string of the molecule is NCC(=O)O.NCC(=O)O.O.[Zn]. The Balaban J connectivity index is -0.0000000457. The molecular weight excluding hydrogens is 221 g/mol. The van der Waals surface area contributed by atoms with Crippen LogP contribution in [0.1, 0.15) is 0 Å². The number of aliphatic carboxylic acids is 2. The van der Waals surface area contributed by atoms with E-state index in [1.165, 1.54) is 0 Å². The summed E-state index contributed by atoms with van der Waals surface area (Å²) < 4.78 is 0. The van der Waals surface area contributed by atoms with Crippen molar-refractivity contribution in [3.8, 4) is 0 Å². The van der Waals surface area contributed by atoms with E-state index in [1.807, 2.05) is 0 Å². The van der Waals surface area contributed by atoms with Gasteiger partial charge in [0.05, 0.1) is 13.1 Å². The summed E-state index contributed by atoms with van der Waals surface area (Å²) in [6.45, 7) is -0.556. The fourth-order valence-electron chi connectivity index (χ4n) is 0. The molecule has 0 aromatic heterocycles. The van der Waals surface area contributed by atoms with Crippen molar-refractivity contribution < 1.29 is 44.8 Å². The van der Waals surface area contributed by atoms with Crippen LogP contribution in [0.5, 0.6) is 0 Å². The number of carboxylic acid groups (broad SMARTS) is 2. The van der Waals surface area contributed by atoms with Gasteiger partial charge in [0, 0.05) is 19.5 Å². The molecule has 0 radical (unpaired) electrons. The van der Waals surface area contributed by atoms with E-state index < -0.39 is 11.9 Å². The van der Waals surface area contributed by atoms with Crippen LogP contribution in [0, 0.1) is 0 Å². The van der Waals surface area contributed by atoms with Gasteiger partial charge in [-0.15, -0.1) is 0 Å². The minimum absolute atomic E-state index is 0. The van der Waals surface area contributed by atoms with E-state index in [0.29, 0.717) is 0 Å². The Morgan fingerprint density at radius 1 is 1.00 bits per heavy atom. The standard InChI is InChI=1S/2C2H5NO2.H2O.Zn/c2*3-1-2(4)5;;/h2*1,3H2,(H,4,5);1H2;. The van der Waals surface area contributed by atoms with Gasteiger partial charge >= 0.3 is 11.9 Å². The fourth-order valence-corrected chi connectivity index (χ4v) is 0. The molecule has 8 heteroatoms. The van der Waals surface area contributed by atoms with Crippen molar-refractivity contribution >= 4 is 11.9 Å². The number of carbonyl (C=O) groups is 2. The van der Waals surface area contributed by atoms with Crippen molar-refractivity contribution in [1.29, 1.82) is 0 Å². The Morgan fingerprint density at radius 2 is 1.08 bits per heavy atom. The molecule has 7 nitrogen and oxygen atoms in total. The fraction of sp³-hybridized carbons (Fsp3) is 0.500. The van der Waals surface area contributed by atoms with E-state index in [1.54, 1.807) is 0 Å². The molecule has 0 heterocycles. The van der Waals surface area contributed by atoms with E-state index >= 15 is 0 Å². The van der Waals surface area contributed by atoms with Crippen LogP contribution in [0.15, 0.2) is 0 Å². The number of hydrogen-bond acceptors (Lipinski definition) is 4. The van der Waals surface area contributed by atoms with Crippen molar-refractivity contribution in [3.05, 3.63) is 0 Å². The molecule has 0 aliphatic heterocycles. The molecule has 0 unspecified atom stereocenters. The molecule has 0 fully saturated rings. The molecule has 0 rings (SSSR count). The van der Waals surface area contributed by atoms with Gasteiger partial charge in [-0.05, 0) is 0 Å². The predicted molar refractivity (Wildman–Crippen MR) is 37.0 cm³/mol. The molecule has 0 spiro atoms. The molecule has 0 atom stereocenters. The topological polar surface area (TPSA) is 158 Å². The second kappa shape index (κ2) is 16.8. The molecule has 8 N–H and O–H groups in total. The minimum atomic E-state index is -0.968. The summed E-state index contributed by atoms with van der Waals surface area (Å²) in [5, 5.41) is 15.2. The van der Waals surface area contributed by atoms with E-state index in [-0.39, 0.29) is 38.0 Å². The summed E-state index contributed by atoms with van der Waals surface area (Å²) in [7, 11) is 0. The van der Waals surface area contributed by atoms with Crippen LogP contribution < -0.4 is 11.5 Å². The van der Waals surface area contributed by atoms with E-state index in [9.17, 15) is 9.59 Å². The molecule has 0 bridgehead atoms. The maximum atomic E-state index is 9.24. The molecule has 70 valence electrons. The van der Waals surface area contributed by atoms with Crippen LogP contribution in [0.2, 0.25) is 0 Å². The summed E-state index contributed by atoms with van der Waals surface area (Å²) in [5.74, 6) is -1.94. The number of hydrogen-bond donors (Lipinski definition) is 4. The van der Waals surface area contributed by atoms with E-state index in [2.05, 4.69) is 11.5 Å². The number of rotatable bonds is 2. The first-order chi connectivity index (χ1) is 4.54. The first-order valence-corrected chi connectivity index (χ1v) is 2.38. The van der Waals surface area contributed by atoms with Gasteiger partial charge in [-0.2, -0.15) is 0 Å². The summed E-state index contributed by atoms with van der Waals surface area (Å²) in [4.78, 5) is 18.5. The zero-order valence-electron chi connectivity index (χ0n) is 6.49. The van der Waals surface area contributed by atoms with Crippen molar-refractivity contribution in [2.45, 2.75) is 0 Å². The molecule has 0 saturated heterocycles. The van der Waals surface area contributed by atoms with E-state index in [4.69, 9.17) is 10.2 Å². The van der Waals surface area contributed by atoms with Gasteiger partial charge in [-0.3, -0.25) is 9.59 Å². The van der Waals surface area contributed by atoms with Crippen molar-refractivity contribution in [1.82, 2.24) is 0 Å². The maximum absolute atomic E-state index is 9.24. The monoisotopic (exact) mass is 232 g/mol. The Bertz CT molecular complexity index is 106. The van der Waals surface area contributed by atoms with Crippen LogP contribution in [0.3, 0.4) is 0 Å². The summed E-state index contributed by atoms with van der Waals surface area (Å²) in [6.07, 6.45) is 0. The number of carboxylic acids is 2. The summed E-state index contributed by atoms with van der Waals surface area (Å²) in [6, 6.07) is 0. The van der Waals surface area contributed by atoms with Gasteiger partial charge in [0.25, 0.3) is 0 Å².